The molecule has 10 rings (SSSR count). The van der Waals surface area contributed by atoms with Crippen molar-refractivity contribution in [3.8, 4) is 22.3 Å². The van der Waals surface area contributed by atoms with Crippen LogP contribution in [0.1, 0.15) is 11.1 Å². The Labute approximate surface area is 298 Å². The van der Waals surface area contributed by atoms with Crippen LogP contribution in [0.25, 0.3) is 76.1 Å². The van der Waals surface area contributed by atoms with Crippen LogP contribution in [-0.4, -0.2) is 0 Å². The van der Waals surface area contributed by atoms with Gasteiger partial charge in [0.25, 0.3) is 0 Å². The molecular weight excluding hydrogens is 615 g/mol. The van der Waals surface area contributed by atoms with Crippen LogP contribution in [-0.2, 0) is 0 Å². The van der Waals surface area contributed by atoms with Crippen molar-refractivity contribution in [1.82, 2.24) is 0 Å². The van der Waals surface area contributed by atoms with E-state index in [1.54, 1.807) is 0 Å². The minimum absolute atomic E-state index is 1.13. The molecule has 0 aliphatic carbocycles. The van der Waals surface area contributed by atoms with Gasteiger partial charge in [-0.15, -0.1) is 0 Å². The monoisotopic (exact) mass is 649 g/mol. The van der Waals surface area contributed by atoms with Crippen LogP contribution in [0.5, 0.6) is 0 Å². The number of nitrogens with zero attached hydrogens (tertiary/aromatic N) is 1. The molecular formula is C50H35N. The third-order valence-corrected chi connectivity index (χ3v) is 10.6. The van der Waals surface area contributed by atoms with Crippen LogP contribution < -0.4 is 4.90 Å². The van der Waals surface area contributed by atoms with Gasteiger partial charge in [0, 0.05) is 22.1 Å². The predicted octanol–water partition coefficient (Wildman–Crippen LogP) is 14.3. The summed E-state index contributed by atoms with van der Waals surface area (Å²) in [6.45, 7) is 4.42. The zero-order valence-corrected chi connectivity index (χ0v) is 28.7. The molecule has 0 spiro atoms. The van der Waals surface area contributed by atoms with E-state index in [9.17, 15) is 0 Å². The van der Waals surface area contributed by atoms with Gasteiger partial charge in [0.2, 0.25) is 0 Å². The summed E-state index contributed by atoms with van der Waals surface area (Å²) in [4.78, 5) is 2.42. The fraction of sp³-hybridized carbons (Fsp3) is 0.0400. The molecule has 10 aromatic carbocycles. The first-order chi connectivity index (χ1) is 25.1. The number of aryl methyl sites for hydroxylation is 2. The summed E-state index contributed by atoms with van der Waals surface area (Å²) >= 11 is 0. The zero-order chi connectivity index (χ0) is 34.1. The van der Waals surface area contributed by atoms with Crippen molar-refractivity contribution in [2.24, 2.45) is 0 Å². The number of anilines is 3. The zero-order valence-electron chi connectivity index (χ0n) is 28.7. The average Bonchev–Trinajstić information content (AvgIpc) is 3.17. The fourth-order valence-corrected chi connectivity index (χ4v) is 8.53. The lowest BCUT2D eigenvalue weighted by atomic mass is 9.86. The largest absolute Gasteiger partial charge is 0.309 e. The van der Waals surface area contributed by atoms with Crippen LogP contribution in [0.3, 0.4) is 0 Å². The van der Waals surface area contributed by atoms with E-state index >= 15 is 0 Å². The first-order valence-corrected chi connectivity index (χ1v) is 17.8. The molecule has 0 N–H and O–H groups in total. The molecule has 51 heavy (non-hydrogen) atoms. The first kappa shape index (κ1) is 29.5. The average molecular weight is 650 g/mol. The van der Waals surface area contributed by atoms with Crippen molar-refractivity contribution in [2.45, 2.75) is 13.8 Å². The lowest BCUT2D eigenvalue weighted by molar-refractivity contribution is 1.31. The highest BCUT2D eigenvalue weighted by Crippen LogP contribution is 2.49. The highest BCUT2D eigenvalue weighted by molar-refractivity contribution is 6.26. The van der Waals surface area contributed by atoms with Crippen LogP contribution in [0.15, 0.2) is 176 Å². The Morgan fingerprint density at radius 1 is 0.353 bits per heavy atom. The van der Waals surface area contributed by atoms with E-state index < -0.39 is 0 Å². The molecule has 0 fully saturated rings. The molecule has 1 heteroatoms. The van der Waals surface area contributed by atoms with E-state index in [1.165, 1.54) is 92.9 Å². The molecule has 240 valence electrons. The Morgan fingerprint density at radius 2 is 0.843 bits per heavy atom. The number of benzene rings is 10. The molecule has 1 nitrogen and oxygen atoms in total. The highest BCUT2D eigenvalue weighted by atomic mass is 15.1. The molecule has 0 amide bonds. The maximum Gasteiger partial charge on any atom is 0.0618 e. The number of rotatable bonds is 5. The molecule has 0 bridgehead atoms. The molecule has 0 atom stereocenters. The van der Waals surface area contributed by atoms with Gasteiger partial charge in [-0.1, -0.05) is 146 Å². The maximum atomic E-state index is 2.42. The number of fused-ring (bicyclic) bond motifs is 2. The summed E-state index contributed by atoms with van der Waals surface area (Å²) in [7, 11) is 0. The first-order valence-electron chi connectivity index (χ1n) is 17.8. The second kappa shape index (κ2) is 11.6. The Morgan fingerprint density at radius 3 is 1.47 bits per heavy atom. The fourth-order valence-electron chi connectivity index (χ4n) is 8.53. The van der Waals surface area contributed by atoms with Crippen LogP contribution >= 0.6 is 0 Å². The molecule has 0 saturated carbocycles. The van der Waals surface area contributed by atoms with Gasteiger partial charge in [-0.3, -0.25) is 0 Å². The van der Waals surface area contributed by atoms with Gasteiger partial charge in [0.05, 0.1) is 5.69 Å². The van der Waals surface area contributed by atoms with Crippen LogP contribution in [0.4, 0.5) is 17.1 Å². The summed E-state index contributed by atoms with van der Waals surface area (Å²) in [6, 6.07) is 65.0. The topological polar surface area (TPSA) is 3.24 Å². The van der Waals surface area contributed by atoms with E-state index in [-0.39, 0.29) is 0 Å². The summed E-state index contributed by atoms with van der Waals surface area (Å²) in [5.41, 5.74) is 11.0. The minimum atomic E-state index is 1.13. The summed E-state index contributed by atoms with van der Waals surface area (Å²) in [5, 5.41) is 12.9. The van der Waals surface area contributed by atoms with E-state index in [1.807, 2.05) is 0 Å². The van der Waals surface area contributed by atoms with E-state index in [0.29, 0.717) is 0 Å². The van der Waals surface area contributed by atoms with Crippen LogP contribution in [0.2, 0.25) is 0 Å². The summed E-state index contributed by atoms with van der Waals surface area (Å²) in [6.07, 6.45) is 0. The lowest BCUT2D eigenvalue weighted by Gasteiger charge is -2.29. The minimum Gasteiger partial charge on any atom is -0.309 e. The van der Waals surface area contributed by atoms with Gasteiger partial charge in [-0.25, -0.2) is 0 Å². The van der Waals surface area contributed by atoms with Gasteiger partial charge in [0.1, 0.15) is 0 Å². The van der Waals surface area contributed by atoms with Gasteiger partial charge < -0.3 is 4.90 Å². The molecule has 0 unspecified atom stereocenters. The Kier molecular flexibility index (Phi) is 6.69. The van der Waals surface area contributed by atoms with E-state index in [2.05, 4.69) is 195 Å². The third-order valence-electron chi connectivity index (χ3n) is 10.6. The normalized spacial score (nSPS) is 11.7. The van der Waals surface area contributed by atoms with Crippen molar-refractivity contribution in [3.63, 3.8) is 0 Å². The van der Waals surface area contributed by atoms with E-state index in [4.69, 9.17) is 0 Å². The van der Waals surface area contributed by atoms with Gasteiger partial charge >= 0.3 is 0 Å². The van der Waals surface area contributed by atoms with Crippen molar-refractivity contribution in [2.75, 3.05) is 4.90 Å². The van der Waals surface area contributed by atoms with Gasteiger partial charge in [-0.2, -0.15) is 0 Å². The third kappa shape index (κ3) is 4.70. The standard InChI is InChI=1S/C50H35N/c1-32-27-35-22-21-34-23-25-41(44-26-24-36(28-32)47(35)49(34)44)37-29-33(2)30-38(31-37)48-42-17-9-11-19-45(42)50(46-20-12-10-18-43(46)48)51(39-13-5-3-6-14-39)40-15-7-4-8-16-40/h3-31H,1-2H3. The smallest absolute Gasteiger partial charge is 0.0618 e. The molecule has 0 heterocycles. The molecule has 0 saturated heterocycles. The Hall–Kier alpha value is -6.44. The number of hydrogen-bond acceptors (Lipinski definition) is 1. The van der Waals surface area contributed by atoms with E-state index in [0.717, 1.165) is 11.4 Å². The molecule has 0 aliphatic rings. The summed E-state index contributed by atoms with van der Waals surface area (Å²) < 4.78 is 0. The van der Waals surface area contributed by atoms with Crippen LogP contribution in [0, 0.1) is 13.8 Å². The second-order valence-electron chi connectivity index (χ2n) is 13.9. The van der Waals surface area contributed by atoms with Gasteiger partial charge in [0.15, 0.2) is 0 Å². The highest BCUT2D eigenvalue weighted by Gasteiger charge is 2.22. The number of hydrogen-bond donors (Lipinski definition) is 0. The lowest BCUT2D eigenvalue weighted by Crippen LogP contribution is -2.11. The molecule has 0 aromatic heterocycles. The Balaban J connectivity index is 1.25. The molecule has 0 radical (unpaired) electrons. The maximum absolute atomic E-state index is 2.42. The van der Waals surface area contributed by atoms with Crippen molar-refractivity contribution >= 4 is 70.9 Å². The van der Waals surface area contributed by atoms with Crippen molar-refractivity contribution < 1.29 is 0 Å². The molecule has 10 aromatic rings. The van der Waals surface area contributed by atoms with Gasteiger partial charge in [-0.05, 0) is 121 Å². The van der Waals surface area contributed by atoms with Crippen molar-refractivity contribution in [3.05, 3.63) is 187 Å². The number of para-hydroxylation sites is 2. The van der Waals surface area contributed by atoms with Crippen molar-refractivity contribution in [1.29, 1.82) is 0 Å². The quantitative estimate of drug-likeness (QED) is 0.132. The SMILES string of the molecule is Cc1cc(-c2c3ccccc3c(N(c3ccccc3)c3ccccc3)c3ccccc23)cc(-c2ccc3ccc4cc(C)cc5ccc2c3c45)c1. The predicted molar refractivity (Wildman–Crippen MR) is 220 cm³/mol. The molecule has 0 aliphatic heterocycles. The second-order valence-corrected chi connectivity index (χ2v) is 13.9. The Bertz CT molecular complexity index is 2810. The summed E-state index contributed by atoms with van der Waals surface area (Å²) in [5.74, 6) is 0.